The minimum absolute atomic E-state index is 0. The van der Waals surface area contributed by atoms with Crippen molar-refractivity contribution in [3.05, 3.63) is 0 Å². The van der Waals surface area contributed by atoms with E-state index in [9.17, 15) is 0 Å². The Labute approximate surface area is 46.0 Å². The summed E-state index contributed by atoms with van der Waals surface area (Å²) in [7, 11) is -4.61. The average Bonchev–Trinajstić information content (AvgIpc) is 0.722. The fourth-order valence-corrected chi connectivity index (χ4v) is 0. The summed E-state index contributed by atoms with van der Waals surface area (Å²) in [5.74, 6) is 0. The van der Waals surface area contributed by atoms with E-state index in [0.717, 1.165) is 0 Å². The molecule has 0 aromatic carbocycles. The van der Waals surface area contributed by atoms with Gasteiger partial charge < -0.3 is 19.2 Å². The second-order valence-electron chi connectivity index (χ2n) is 0.600. The Hall–Kier alpha value is 0.576. The van der Waals surface area contributed by atoms with Crippen LogP contribution in [0.15, 0.2) is 0 Å². The molecule has 0 rings (SSSR count). The predicted octanol–water partition coefficient (Wildman–Crippen LogP) is -3.52. The molecule has 40 valence electrons. The van der Waals surface area contributed by atoms with Crippen molar-refractivity contribution in [2.24, 2.45) is 0 Å². The number of hydrogen-bond acceptors (Lipinski definition) is 4. The molecule has 0 aromatic rings. The summed E-state index contributed by atoms with van der Waals surface area (Å²) in [6.45, 7) is 0. The van der Waals surface area contributed by atoms with Crippen molar-refractivity contribution in [1.82, 2.24) is 0 Å². The molecular formula is H6O4SeSi. The van der Waals surface area contributed by atoms with Crippen molar-refractivity contribution in [2.45, 2.75) is 0 Å². The molecule has 4 N–H and O–H groups in total. The third-order valence-corrected chi connectivity index (χ3v) is 0. The first kappa shape index (κ1) is 9.76. The Morgan fingerprint density at radius 2 is 0.833 bits per heavy atom. The van der Waals surface area contributed by atoms with Gasteiger partial charge in [0.1, 0.15) is 0 Å². The second-order valence-corrected chi connectivity index (χ2v) is 1.80. The minimum atomic E-state index is -4.61. The van der Waals surface area contributed by atoms with E-state index < -0.39 is 9.05 Å². The summed E-state index contributed by atoms with van der Waals surface area (Å²) in [4.78, 5) is 29.3. The van der Waals surface area contributed by atoms with Crippen LogP contribution >= 0.6 is 0 Å². The standard InChI is InChI=1S/H4O4Si.H2Se/c1-5(2,3)4;/h1-4H;1H2. The van der Waals surface area contributed by atoms with Crippen molar-refractivity contribution >= 4 is 26.1 Å². The van der Waals surface area contributed by atoms with Gasteiger partial charge in [-0.15, -0.1) is 0 Å². The molecule has 6 heavy (non-hydrogen) atoms. The molecule has 0 fully saturated rings. The normalized spacial score (nSPS) is 10.0. The van der Waals surface area contributed by atoms with Crippen LogP contribution in [0.25, 0.3) is 0 Å². The van der Waals surface area contributed by atoms with Gasteiger partial charge >= 0.3 is 26.1 Å². The molecule has 0 aromatic heterocycles. The fraction of sp³-hybridized carbons (Fsp3) is 0. The molecule has 4 nitrogen and oxygen atoms in total. The van der Waals surface area contributed by atoms with Gasteiger partial charge in [0.2, 0.25) is 0 Å². The van der Waals surface area contributed by atoms with Crippen LogP contribution in [-0.4, -0.2) is 45.3 Å². The Morgan fingerprint density at radius 1 is 0.833 bits per heavy atom. The Balaban J connectivity index is 0. The van der Waals surface area contributed by atoms with Crippen LogP contribution in [-0.2, 0) is 0 Å². The SMILES string of the molecule is O[Si](O)(O)O.[SeH2]. The first-order valence-corrected chi connectivity index (χ1v) is 2.68. The van der Waals surface area contributed by atoms with E-state index in [1.54, 1.807) is 0 Å². The van der Waals surface area contributed by atoms with Crippen molar-refractivity contribution < 1.29 is 19.2 Å². The molecule has 0 radical (unpaired) electrons. The molecule has 6 heteroatoms. The van der Waals surface area contributed by atoms with Crippen LogP contribution < -0.4 is 0 Å². The van der Waals surface area contributed by atoms with Crippen LogP contribution in [0.4, 0.5) is 0 Å². The van der Waals surface area contributed by atoms with Gasteiger partial charge in [-0.25, -0.2) is 0 Å². The summed E-state index contributed by atoms with van der Waals surface area (Å²) in [6.07, 6.45) is 0. The summed E-state index contributed by atoms with van der Waals surface area (Å²) in [5.41, 5.74) is 0. The predicted molar refractivity (Wildman–Crippen MR) is 23.2 cm³/mol. The summed E-state index contributed by atoms with van der Waals surface area (Å²) >= 11 is 0. The number of rotatable bonds is 0. The van der Waals surface area contributed by atoms with Crippen LogP contribution in [0.2, 0.25) is 0 Å². The number of hydrogen-bond donors (Lipinski definition) is 4. The van der Waals surface area contributed by atoms with Gasteiger partial charge in [0.25, 0.3) is 0 Å². The fourth-order valence-electron chi connectivity index (χ4n) is 0. The average molecular weight is 177 g/mol. The van der Waals surface area contributed by atoms with E-state index in [2.05, 4.69) is 0 Å². The monoisotopic (exact) mass is 178 g/mol. The van der Waals surface area contributed by atoms with E-state index in [1.807, 2.05) is 0 Å². The molecule has 0 unspecified atom stereocenters. The van der Waals surface area contributed by atoms with Gasteiger partial charge in [-0.1, -0.05) is 0 Å². The van der Waals surface area contributed by atoms with Crippen molar-refractivity contribution in [3.8, 4) is 0 Å². The molecule has 0 aliphatic rings. The molecule has 0 bridgehead atoms. The van der Waals surface area contributed by atoms with E-state index in [1.165, 1.54) is 0 Å². The zero-order chi connectivity index (χ0) is 4.50. The van der Waals surface area contributed by atoms with Gasteiger partial charge in [-0.05, 0) is 0 Å². The Kier molecular flexibility index (Phi) is 4.39. The molecule has 0 spiro atoms. The quantitative estimate of drug-likeness (QED) is 0.289. The van der Waals surface area contributed by atoms with Gasteiger partial charge in [0.15, 0.2) is 0 Å². The van der Waals surface area contributed by atoms with Crippen LogP contribution in [0.1, 0.15) is 0 Å². The zero-order valence-corrected chi connectivity index (χ0v) is 5.89. The van der Waals surface area contributed by atoms with Crippen molar-refractivity contribution in [1.29, 1.82) is 0 Å². The molecule has 0 heterocycles. The molecular weight excluding hydrogens is 171 g/mol. The topological polar surface area (TPSA) is 80.9 Å². The maximum atomic E-state index is 7.33. The van der Waals surface area contributed by atoms with E-state index in [-0.39, 0.29) is 17.1 Å². The van der Waals surface area contributed by atoms with Gasteiger partial charge in [-0.3, -0.25) is 0 Å². The van der Waals surface area contributed by atoms with Gasteiger partial charge in [-0.2, -0.15) is 0 Å². The second kappa shape index (κ2) is 2.70. The Bertz CT molecular complexity index is 23.0. The third-order valence-electron chi connectivity index (χ3n) is 0. The molecule has 0 amide bonds. The van der Waals surface area contributed by atoms with Crippen molar-refractivity contribution in [2.75, 3.05) is 0 Å². The van der Waals surface area contributed by atoms with Crippen LogP contribution in [0.5, 0.6) is 0 Å². The molecule has 0 aliphatic carbocycles. The van der Waals surface area contributed by atoms with Gasteiger partial charge in [0.05, 0.1) is 0 Å². The molecule has 0 atom stereocenters. The van der Waals surface area contributed by atoms with Crippen molar-refractivity contribution in [3.63, 3.8) is 0 Å². The molecule has 0 aliphatic heterocycles. The maximum absolute atomic E-state index is 7.33. The first-order valence-electron chi connectivity index (χ1n) is 0.894. The van der Waals surface area contributed by atoms with E-state index in [0.29, 0.717) is 0 Å². The van der Waals surface area contributed by atoms with Gasteiger partial charge in [0, 0.05) is 0 Å². The third kappa shape index (κ3) is 176. The molecule has 0 saturated heterocycles. The summed E-state index contributed by atoms with van der Waals surface area (Å²) in [6, 6.07) is 0. The first-order chi connectivity index (χ1) is 2.00. The van der Waals surface area contributed by atoms with E-state index in [4.69, 9.17) is 19.2 Å². The molecule has 0 saturated carbocycles. The zero-order valence-electron chi connectivity index (χ0n) is 2.79. The Morgan fingerprint density at radius 3 is 0.833 bits per heavy atom. The summed E-state index contributed by atoms with van der Waals surface area (Å²) < 4.78 is 0. The summed E-state index contributed by atoms with van der Waals surface area (Å²) in [5, 5.41) is 0. The van der Waals surface area contributed by atoms with Crippen LogP contribution in [0, 0.1) is 0 Å². The van der Waals surface area contributed by atoms with Crippen LogP contribution in [0.3, 0.4) is 0 Å². The van der Waals surface area contributed by atoms with E-state index >= 15 is 0 Å².